The van der Waals surface area contributed by atoms with Gasteiger partial charge in [0.15, 0.2) is 0 Å². The first-order chi connectivity index (χ1) is 11.0. The first-order valence-corrected chi connectivity index (χ1v) is 7.29. The van der Waals surface area contributed by atoms with E-state index in [0.29, 0.717) is 15.3 Å². The molecule has 7 heteroatoms. The number of alkyl halides is 3. The Balaban J connectivity index is 2.06. The summed E-state index contributed by atoms with van der Waals surface area (Å²) in [4.78, 5) is 8.05. The summed E-state index contributed by atoms with van der Waals surface area (Å²) < 4.78 is 38.8. The van der Waals surface area contributed by atoms with Gasteiger partial charge in [-0.1, -0.05) is 0 Å². The molecule has 0 amide bonds. The van der Waals surface area contributed by atoms with Crippen molar-refractivity contribution in [2.24, 2.45) is 0 Å². The van der Waals surface area contributed by atoms with Crippen LogP contribution in [0.2, 0.25) is 0 Å². The molecule has 0 saturated heterocycles. The van der Waals surface area contributed by atoms with E-state index in [9.17, 15) is 18.4 Å². The molecule has 3 rings (SSSR count). The fraction of sp³-hybridized carbons (Fsp3) is 0.0625. The zero-order valence-electron chi connectivity index (χ0n) is 11.5. The molecule has 0 unspecified atom stereocenters. The van der Waals surface area contributed by atoms with E-state index in [1.54, 1.807) is 30.6 Å². The van der Waals surface area contributed by atoms with E-state index in [-0.39, 0.29) is 5.52 Å². The highest BCUT2D eigenvalue weighted by Crippen LogP contribution is 2.34. The van der Waals surface area contributed by atoms with E-state index in [4.69, 9.17) is 0 Å². The van der Waals surface area contributed by atoms with Crippen LogP contribution in [0.5, 0.6) is 0 Å². The van der Waals surface area contributed by atoms with E-state index in [1.165, 1.54) is 17.4 Å². The Morgan fingerprint density at radius 2 is 1.91 bits per heavy atom. The number of halogens is 3. The van der Waals surface area contributed by atoms with Crippen molar-refractivity contribution >= 4 is 33.2 Å². The normalized spacial score (nSPS) is 12.3. The number of benzene rings is 1. The molecular weight excluding hydrogens is 323 g/mol. The first-order valence-electron chi connectivity index (χ1n) is 6.47. The Bertz CT molecular complexity index is 921. The van der Waals surface area contributed by atoms with Gasteiger partial charge in [-0.05, 0) is 42.0 Å². The highest BCUT2D eigenvalue weighted by molar-refractivity contribution is 7.19. The Kier molecular flexibility index (Phi) is 3.84. The zero-order chi connectivity index (χ0) is 16.4. The summed E-state index contributed by atoms with van der Waals surface area (Å²) in [5, 5.41) is 9.69. The highest BCUT2D eigenvalue weighted by atomic mass is 32.1. The lowest BCUT2D eigenvalue weighted by Crippen LogP contribution is -2.03. The molecule has 0 aliphatic heterocycles. The van der Waals surface area contributed by atoms with Crippen LogP contribution in [0.15, 0.2) is 42.7 Å². The van der Waals surface area contributed by atoms with Crippen molar-refractivity contribution in [3.63, 3.8) is 0 Å². The number of hydrogen-bond acceptors (Lipinski definition) is 4. The molecule has 3 aromatic rings. The summed E-state index contributed by atoms with van der Waals surface area (Å²) in [7, 11) is 0. The molecule has 0 radical (unpaired) electrons. The number of aromatic nitrogens is 2. The van der Waals surface area contributed by atoms with Crippen LogP contribution < -0.4 is 0 Å². The molecular formula is C16H8F3N3S. The van der Waals surface area contributed by atoms with E-state index in [0.717, 1.165) is 17.7 Å². The van der Waals surface area contributed by atoms with Crippen LogP contribution in [-0.4, -0.2) is 9.97 Å². The van der Waals surface area contributed by atoms with Gasteiger partial charge in [0.05, 0.1) is 21.4 Å². The number of nitrogens with zero attached hydrogens (tertiary/aromatic N) is 3. The van der Waals surface area contributed by atoms with Gasteiger partial charge in [0.1, 0.15) is 11.1 Å². The lowest BCUT2D eigenvalue weighted by Gasteiger charge is -2.04. The largest absolute Gasteiger partial charge is 0.416 e. The third-order valence-corrected chi connectivity index (χ3v) is 4.15. The fourth-order valence-electron chi connectivity index (χ4n) is 1.99. The standard InChI is InChI=1S/C16H8F3N3S/c17-16(18,19)12-1-2-14-13(8-12)22-15(23-14)11(9-20)7-10-3-5-21-6-4-10/h1-8H/b11-7-. The smallest absolute Gasteiger partial charge is 0.265 e. The quantitative estimate of drug-likeness (QED) is 0.635. The van der Waals surface area contributed by atoms with E-state index in [1.807, 2.05) is 6.07 Å². The Hall–Kier alpha value is -2.72. The van der Waals surface area contributed by atoms with Crippen molar-refractivity contribution in [3.8, 4) is 6.07 Å². The van der Waals surface area contributed by atoms with Gasteiger partial charge in [-0.2, -0.15) is 18.4 Å². The number of pyridine rings is 1. The fourth-order valence-corrected chi connectivity index (χ4v) is 2.90. The second-order valence-electron chi connectivity index (χ2n) is 4.65. The second kappa shape index (κ2) is 5.82. The number of fused-ring (bicyclic) bond motifs is 1. The van der Waals surface area contributed by atoms with Crippen LogP contribution in [0.25, 0.3) is 21.9 Å². The van der Waals surface area contributed by atoms with Crippen LogP contribution in [0, 0.1) is 11.3 Å². The summed E-state index contributed by atoms with van der Waals surface area (Å²) in [6.45, 7) is 0. The van der Waals surface area contributed by atoms with Crippen molar-refractivity contribution in [1.29, 1.82) is 5.26 Å². The minimum absolute atomic E-state index is 0.232. The lowest BCUT2D eigenvalue weighted by atomic mass is 10.2. The number of nitriles is 1. The Morgan fingerprint density at radius 1 is 1.17 bits per heavy atom. The number of hydrogen-bond donors (Lipinski definition) is 0. The predicted octanol–water partition coefficient (Wildman–Crippen LogP) is 4.77. The Labute approximate surface area is 133 Å². The number of thiazole rings is 1. The van der Waals surface area contributed by atoms with E-state index >= 15 is 0 Å². The molecule has 0 aliphatic carbocycles. The van der Waals surface area contributed by atoms with Crippen molar-refractivity contribution in [2.45, 2.75) is 6.18 Å². The SMILES string of the molecule is N#C/C(=C/c1ccncc1)c1nc2cc(C(F)(F)F)ccc2s1. The van der Waals surface area contributed by atoms with Gasteiger partial charge in [0.25, 0.3) is 0 Å². The van der Waals surface area contributed by atoms with Gasteiger partial charge in [0.2, 0.25) is 0 Å². The third kappa shape index (κ3) is 3.22. The molecule has 1 aromatic carbocycles. The molecule has 114 valence electrons. The first kappa shape index (κ1) is 15.2. The predicted molar refractivity (Wildman–Crippen MR) is 82.3 cm³/mol. The maximum atomic E-state index is 12.7. The van der Waals surface area contributed by atoms with Gasteiger partial charge in [0, 0.05) is 12.4 Å². The summed E-state index contributed by atoms with van der Waals surface area (Å²) in [6.07, 6.45) is 0.399. The molecule has 0 bridgehead atoms. The summed E-state index contributed by atoms with van der Waals surface area (Å²) in [5.41, 5.74) is 0.548. The molecule has 0 saturated carbocycles. The average molecular weight is 331 g/mol. The molecule has 2 heterocycles. The summed E-state index contributed by atoms with van der Waals surface area (Å²) in [5.74, 6) is 0. The van der Waals surface area contributed by atoms with Crippen molar-refractivity contribution in [2.75, 3.05) is 0 Å². The van der Waals surface area contributed by atoms with Gasteiger partial charge < -0.3 is 0 Å². The van der Waals surface area contributed by atoms with Crippen LogP contribution in [0.1, 0.15) is 16.1 Å². The van der Waals surface area contributed by atoms with Crippen molar-refractivity contribution < 1.29 is 13.2 Å². The van der Waals surface area contributed by atoms with Crippen molar-refractivity contribution in [1.82, 2.24) is 9.97 Å². The topological polar surface area (TPSA) is 49.6 Å². The number of allylic oxidation sites excluding steroid dienone is 1. The molecule has 0 fully saturated rings. The Morgan fingerprint density at radius 3 is 2.57 bits per heavy atom. The monoisotopic (exact) mass is 331 g/mol. The summed E-state index contributed by atoms with van der Waals surface area (Å²) >= 11 is 1.18. The van der Waals surface area contributed by atoms with Crippen LogP contribution >= 0.6 is 11.3 Å². The molecule has 0 N–H and O–H groups in total. The molecule has 2 aromatic heterocycles. The molecule has 0 aliphatic rings. The summed E-state index contributed by atoms with van der Waals surface area (Å²) in [6, 6.07) is 8.89. The molecule has 0 atom stereocenters. The van der Waals surface area contributed by atoms with Gasteiger partial charge in [-0.25, -0.2) is 4.98 Å². The minimum Gasteiger partial charge on any atom is -0.265 e. The maximum absolute atomic E-state index is 12.7. The van der Waals surface area contributed by atoms with Gasteiger partial charge >= 0.3 is 6.18 Å². The number of rotatable bonds is 2. The van der Waals surface area contributed by atoms with Crippen LogP contribution in [0.4, 0.5) is 13.2 Å². The van der Waals surface area contributed by atoms with Gasteiger partial charge in [-0.15, -0.1) is 11.3 Å². The maximum Gasteiger partial charge on any atom is 0.416 e. The third-order valence-electron chi connectivity index (χ3n) is 3.08. The van der Waals surface area contributed by atoms with Crippen LogP contribution in [-0.2, 0) is 6.18 Å². The minimum atomic E-state index is -4.41. The zero-order valence-corrected chi connectivity index (χ0v) is 12.3. The van der Waals surface area contributed by atoms with Gasteiger partial charge in [-0.3, -0.25) is 4.98 Å². The molecule has 0 spiro atoms. The lowest BCUT2D eigenvalue weighted by molar-refractivity contribution is -0.137. The second-order valence-corrected chi connectivity index (χ2v) is 5.68. The van der Waals surface area contributed by atoms with E-state index in [2.05, 4.69) is 9.97 Å². The molecule has 23 heavy (non-hydrogen) atoms. The van der Waals surface area contributed by atoms with Crippen LogP contribution in [0.3, 0.4) is 0 Å². The highest BCUT2D eigenvalue weighted by Gasteiger charge is 2.30. The van der Waals surface area contributed by atoms with Crippen molar-refractivity contribution in [3.05, 3.63) is 58.9 Å². The average Bonchev–Trinajstić information content (AvgIpc) is 2.95. The molecule has 3 nitrogen and oxygen atoms in total. The van der Waals surface area contributed by atoms with E-state index < -0.39 is 11.7 Å².